The van der Waals surface area contributed by atoms with Gasteiger partial charge in [0.05, 0.1) is 18.1 Å². The van der Waals surface area contributed by atoms with Gasteiger partial charge in [0.15, 0.2) is 0 Å². The largest absolute Gasteiger partial charge is 0.393 e. The van der Waals surface area contributed by atoms with Crippen LogP contribution in [0.4, 0.5) is 0 Å². The van der Waals surface area contributed by atoms with E-state index in [0.29, 0.717) is 13.2 Å². The molecule has 0 aromatic carbocycles. The smallest absolute Gasteiger partial charge is 0.128 e. The Morgan fingerprint density at radius 1 is 1.46 bits per heavy atom. The first-order chi connectivity index (χ1) is 6.28. The lowest BCUT2D eigenvalue weighted by molar-refractivity contribution is -0.121. The summed E-state index contributed by atoms with van der Waals surface area (Å²) in [4.78, 5) is 11.1. The third-order valence-corrected chi connectivity index (χ3v) is 3.54. The van der Waals surface area contributed by atoms with E-state index in [1.54, 1.807) is 0 Å². The quantitative estimate of drug-likeness (QED) is 0.644. The lowest BCUT2D eigenvalue weighted by atomic mass is 9.74. The van der Waals surface area contributed by atoms with Crippen molar-refractivity contribution in [3.8, 4) is 0 Å². The Morgan fingerprint density at radius 2 is 2.31 bits per heavy atom. The molecule has 0 bridgehead atoms. The van der Waals surface area contributed by atoms with Crippen LogP contribution in [0.5, 0.6) is 0 Å². The molecule has 0 spiro atoms. The van der Waals surface area contributed by atoms with E-state index in [9.17, 15) is 9.90 Å². The average Bonchev–Trinajstić information content (AvgIpc) is 2.73. The predicted octanol–water partition coefficient (Wildman–Crippen LogP) is 0.753. The summed E-state index contributed by atoms with van der Waals surface area (Å²) in [6, 6.07) is 0. The molecule has 1 aliphatic heterocycles. The van der Waals surface area contributed by atoms with Crippen molar-refractivity contribution in [3.63, 3.8) is 0 Å². The van der Waals surface area contributed by atoms with Gasteiger partial charge in [-0.2, -0.15) is 0 Å². The number of carbonyl (C=O) groups is 1. The Bertz CT molecular complexity index is 196. The van der Waals surface area contributed by atoms with Crippen LogP contribution in [-0.4, -0.2) is 30.7 Å². The molecule has 1 heterocycles. The number of ether oxygens (including phenoxy) is 1. The van der Waals surface area contributed by atoms with Crippen LogP contribution in [0.3, 0.4) is 0 Å². The maximum atomic E-state index is 11.1. The number of carbonyl (C=O) groups excluding carboxylic acids is 1. The molecule has 1 saturated carbocycles. The highest BCUT2D eigenvalue weighted by molar-refractivity contribution is 5.61. The third kappa shape index (κ3) is 1.40. The Balaban J connectivity index is 2.15. The van der Waals surface area contributed by atoms with Gasteiger partial charge in [-0.15, -0.1) is 0 Å². The first-order valence-electron chi connectivity index (χ1n) is 5.01. The van der Waals surface area contributed by atoms with E-state index < -0.39 is 0 Å². The summed E-state index contributed by atoms with van der Waals surface area (Å²) >= 11 is 0. The number of hydrogen-bond donors (Lipinski definition) is 1. The van der Waals surface area contributed by atoms with Gasteiger partial charge in [0, 0.05) is 6.61 Å². The molecule has 1 saturated heterocycles. The summed E-state index contributed by atoms with van der Waals surface area (Å²) < 4.78 is 5.27. The standard InChI is InChI=1S/C10H16O3/c11-6-10(4-5-13-7-10)8-2-1-3-9(8)12/h6,8-9,12H,1-5,7H2. The molecule has 0 radical (unpaired) electrons. The van der Waals surface area contributed by atoms with Crippen molar-refractivity contribution in [2.24, 2.45) is 11.3 Å². The zero-order valence-electron chi connectivity index (χ0n) is 7.74. The second-order valence-electron chi connectivity index (χ2n) is 4.26. The van der Waals surface area contributed by atoms with Gasteiger partial charge < -0.3 is 14.6 Å². The van der Waals surface area contributed by atoms with Gasteiger partial charge >= 0.3 is 0 Å². The molecular formula is C10H16O3. The van der Waals surface area contributed by atoms with Crippen molar-refractivity contribution in [1.29, 1.82) is 0 Å². The van der Waals surface area contributed by atoms with Crippen molar-refractivity contribution in [3.05, 3.63) is 0 Å². The third-order valence-electron chi connectivity index (χ3n) is 3.54. The molecule has 2 rings (SSSR count). The van der Waals surface area contributed by atoms with Crippen molar-refractivity contribution >= 4 is 6.29 Å². The zero-order valence-corrected chi connectivity index (χ0v) is 7.74. The molecule has 74 valence electrons. The number of hydrogen-bond acceptors (Lipinski definition) is 3. The molecule has 2 fully saturated rings. The second kappa shape index (κ2) is 3.39. The summed E-state index contributed by atoms with van der Waals surface area (Å²) in [7, 11) is 0. The van der Waals surface area contributed by atoms with E-state index in [2.05, 4.69) is 0 Å². The number of aliphatic hydroxyl groups excluding tert-OH is 1. The fourth-order valence-corrected chi connectivity index (χ4v) is 2.68. The highest BCUT2D eigenvalue weighted by atomic mass is 16.5. The topological polar surface area (TPSA) is 46.5 Å². The van der Waals surface area contributed by atoms with Crippen molar-refractivity contribution in [2.75, 3.05) is 13.2 Å². The molecule has 3 atom stereocenters. The van der Waals surface area contributed by atoms with Gasteiger partial charge in [0.1, 0.15) is 6.29 Å². The van der Waals surface area contributed by atoms with Crippen LogP contribution in [-0.2, 0) is 9.53 Å². The molecule has 3 heteroatoms. The molecule has 3 unspecified atom stereocenters. The van der Waals surface area contributed by atoms with Crippen molar-refractivity contribution in [2.45, 2.75) is 31.8 Å². The van der Waals surface area contributed by atoms with Crippen molar-refractivity contribution < 1.29 is 14.6 Å². The Morgan fingerprint density at radius 3 is 2.77 bits per heavy atom. The zero-order chi connectivity index (χ0) is 9.31. The van der Waals surface area contributed by atoms with Gasteiger partial charge in [0.25, 0.3) is 0 Å². The predicted molar refractivity (Wildman–Crippen MR) is 47.3 cm³/mol. The lowest BCUT2D eigenvalue weighted by Gasteiger charge is -2.30. The maximum Gasteiger partial charge on any atom is 0.128 e. The highest BCUT2D eigenvalue weighted by Crippen LogP contribution is 2.43. The minimum Gasteiger partial charge on any atom is -0.393 e. The van der Waals surface area contributed by atoms with Crippen LogP contribution >= 0.6 is 0 Å². The molecule has 0 amide bonds. The summed E-state index contributed by atoms with van der Waals surface area (Å²) in [6.07, 6.45) is 4.38. The van der Waals surface area contributed by atoms with Crippen LogP contribution in [0.15, 0.2) is 0 Å². The summed E-state index contributed by atoms with van der Waals surface area (Å²) in [5, 5.41) is 9.73. The molecule has 13 heavy (non-hydrogen) atoms. The minimum atomic E-state index is -0.365. The Kier molecular flexibility index (Phi) is 2.39. The molecule has 3 nitrogen and oxygen atoms in total. The van der Waals surface area contributed by atoms with E-state index in [-0.39, 0.29) is 17.4 Å². The van der Waals surface area contributed by atoms with E-state index >= 15 is 0 Å². The highest BCUT2D eigenvalue weighted by Gasteiger charge is 2.47. The molecule has 1 N–H and O–H groups in total. The van der Waals surface area contributed by atoms with Gasteiger partial charge in [-0.3, -0.25) is 0 Å². The summed E-state index contributed by atoms with van der Waals surface area (Å²) in [5.41, 5.74) is -0.365. The summed E-state index contributed by atoms with van der Waals surface area (Å²) in [6.45, 7) is 1.18. The molecule has 2 aliphatic rings. The molecule has 0 aromatic rings. The Labute approximate surface area is 78.1 Å². The van der Waals surface area contributed by atoms with Crippen LogP contribution in [0.25, 0.3) is 0 Å². The van der Waals surface area contributed by atoms with Crippen LogP contribution in [0, 0.1) is 11.3 Å². The molecular weight excluding hydrogens is 168 g/mol. The van der Waals surface area contributed by atoms with Crippen LogP contribution in [0.1, 0.15) is 25.7 Å². The van der Waals surface area contributed by atoms with Gasteiger partial charge in [-0.05, 0) is 25.2 Å². The van der Waals surface area contributed by atoms with Crippen LogP contribution < -0.4 is 0 Å². The van der Waals surface area contributed by atoms with Crippen molar-refractivity contribution in [1.82, 2.24) is 0 Å². The Hall–Kier alpha value is -0.410. The van der Waals surface area contributed by atoms with Gasteiger partial charge in [-0.25, -0.2) is 0 Å². The number of aldehydes is 1. The first kappa shape index (κ1) is 9.16. The van der Waals surface area contributed by atoms with E-state index in [0.717, 1.165) is 32.0 Å². The van der Waals surface area contributed by atoms with Gasteiger partial charge in [0.2, 0.25) is 0 Å². The SMILES string of the molecule is O=CC1(C2CCCC2O)CCOC1. The normalized spacial score (nSPS) is 45.3. The van der Waals surface area contributed by atoms with E-state index in [1.165, 1.54) is 0 Å². The summed E-state index contributed by atoms with van der Waals surface area (Å²) in [5.74, 6) is 0.146. The van der Waals surface area contributed by atoms with E-state index in [1.807, 2.05) is 0 Å². The maximum absolute atomic E-state index is 11.1. The van der Waals surface area contributed by atoms with E-state index in [4.69, 9.17) is 4.74 Å². The monoisotopic (exact) mass is 184 g/mol. The molecule has 1 aliphatic carbocycles. The fourth-order valence-electron chi connectivity index (χ4n) is 2.68. The van der Waals surface area contributed by atoms with Crippen LogP contribution in [0.2, 0.25) is 0 Å². The second-order valence-corrected chi connectivity index (χ2v) is 4.26. The lowest BCUT2D eigenvalue weighted by Crippen LogP contribution is -2.37. The first-order valence-corrected chi connectivity index (χ1v) is 5.01. The average molecular weight is 184 g/mol. The molecule has 0 aromatic heterocycles. The van der Waals surface area contributed by atoms with Gasteiger partial charge in [-0.1, -0.05) is 6.42 Å². The number of rotatable bonds is 2. The number of aliphatic hydroxyl groups is 1. The minimum absolute atomic E-state index is 0.146. The fraction of sp³-hybridized carbons (Fsp3) is 0.900.